The molecule has 2 saturated heterocycles. The highest BCUT2D eigenvalue weighted by Gasteiger charge is 2.38. The van der Waals surface area contributed by atoms with Gasteiger partial charge in [-0.2, -0.15) is 0 Å². The first-order valence-electron chi connectivity index (χ1n) is 8.73. The van der Waals surface area contributed by atoms with E-state index in [0.717, 1.165) is 0 Å². The first-order valence-corrected chi connectivity index (χ1v) is 9.11. The second-order valence-corrected chi connectivity index (χ2v) is 7.31. The van der Waals surface area contributed by atoms with Crippen LogP contribution in [0.5, 0.6) is 11.5 Å². The summed E-state index contributed by atoms with van der Waals surface area (Å²) in [5.74, 6) is 0.890. The Morgan fingerprint density at radius 3 is 2.69 bits per heavy atom. The fraction of sp³-hybridized carbons (Fsp3) is 0.556. The van der Waals surface area contributed by atoms with E-state index in [1.807, 2.05) is 0 Å². The van der Waals surface area contributed by atoms with E-state index in [2.05, 4.69) is 0 Å². The van der Waals surface area contributed by atoms with Crippen LogP contribution < -0.4 is 9.47 Å². The number of ether oxygens (including phenoxy) is 3. The minimum absolute atomic E-state index is 0.0418. The van der Waals surface area contributed by atoms with Gasteiger partial charge in [0.25, 0.3) is 0 Å². The van der Waals surface area contributed by atoms with Crippen molar-refractivity contribution in [1.82, 2.24) is 9.80 Å². The molecule has 2 fully saturated rings. The molecule has 140 valence electrons. The maximum Gasteiger partial charge on any atom is 0.229 e. The molecule has 1 aromatic rings. The number of benzene rings is 1. The van der Waals surface area contributed by atoms with Crippen LogP contribution in [0.25, 0.3) is 0 Å². The SMILES string of the molecule is CN1C(=O)[C@H]2COC[C@@H]1CN(C(=O)Cc1cc3c(cc1Cl)OCCO3)C2. The fourth-order valence-corrected chi connectivity index (χ4v) is 3.84. The smallest absolute Gasteiger partial charge is 0.229 e. The number of amides is 2. The van der Waals surface area contributed by atoms with Crippen LogP contribution >= 0.6 is 11.6 Å². The second-order valence-electron chi connectivity index (χ2n) is 6.90. The van der Waals surface area contributed by atoms with Gasteiger partial charge in [0.15, 0.2) is 11.5 Å². The first-order chi connectivity index (χ1) is 12.5. The third-order valence-electron chi connectivity index (χ3n) is 5.15. The average molecular weight is 381 g/mol. The van der Waals surface area contributed by atoms with Crippen molar-refractivity contribution in [2.45, 2.75) is 12.5 Å². The Morgan fingerprint density at radius 2 is 1.92 bits per heavy atom. The van der Waals surface area contributed by atoms with E-state index in [9.17, 15) is 9.59 Å². The molecular weight excluding hydrogens is 360 g/mol. The minimum Gasteiger partial charge on any atom is -0.486 e. The van der Waals surface area contributed by atoms with Crippen LogP contribution in [-0.2, 0) is 20.7 Å². The van der Waals surface area contributed by atoms with E-state index in [1.165, 1.54) is 0 Å². The summed E-state index contributed by atoms with van der Waals surface area (Å²) in [5, 5.41) is 0.481. The van der Waals surface area contributed by atoms with Crippen LogP contribution in [0.4, 0.5) is 0 Å². The molecule has 2 atom stereocenters. The van der Waals surface area contributed by atoms with Crippen molar-refractivity contribution in [3.63, 3.8) is 0 Å². The molecular formula is C18H21ClN2O5. The van der Waals surface area contributed by atoms with E-state index in [0.29, 0.717) is 61.6 Å². The Morgan fingerprint density at radius 1 is 1.19 bits per heavy atom. The molecule has 0 N–H and O–H groups in total. The third kappa shape index (κ3) is 3.21. The van der Waals surface area contributed by atoms with Crippen molar-refractivity contribution < 1.29 is 23.8 Å². The largest absolute Gasteiger partial charge is 0.486 e. The molecule has 2 amide bonds. The molecule has 0 aromatic heterocycles. The minimum atomic E-state index is -0.313. The van der Waals surface area contributed by atoms with Crippen LogP contribution in [0.3, 0.4) is 0 Å². The Kier molecular flexibility index (Phi) is 4.67. The van der Waals surface area contributed by atoms with E-state index in [1.54, 1.807) is 29.0 Å². The molecule has 2 bridgehead atoms. The van der Waals surface area contributed by atoms with Crippen molar-refractivity contribution in [2.24, 2.45) is 5.92 Å². The molecule has 0 saturated carbocycles. The molecule has 8 heteroatoms. The van der Waals surface area contributed by atoms with E-state index in [-0.39, 0.29) is 30.2 Å². The number of carbonyl (C=O) groups excluding carboxylic acids is 2. The molecule has 26 heavy (non-hydrogen) atoms. The molecule has 3 aliphatic heterocycles. The van der Waals surface area contributed by atoms with Gasteiger partial charge < -0.3 is 24.0 Å². The Hall–Kier alpha value is -1.99. The van der Waals surface area contributed by atoms with Gasteiger partial charge in [-0.15, -0.1) is 0 Å². The summed E-state index contributed by atoms with van der Waals surface area (Å²) in [4.78, 5) is 28.8. The van der Waals surface area contributed by atoms with Crippen LogP contribution in [0, 0.1) is 5.92 Å². The van der Waals surface area contributed by atoms with Gasteiger partial charge >= 0.3 is 0 Å². The molecule has 4 rings (SSSR count). The van der Waals surface area contributed by atoms with Gasteiger partial charge in [-0.25, -0.2) is 0 Å². The average Bonchev–Trinajstić information content (AvgIpc) is 2.80. The van der Waals surface area contributed by atoms with Gasteiger partial charge in [0.1, 0.15) is 13.2 Å². The molecule has 0 spiro atoms. The van der Waals surface area contributed by atoms with Crippen LogP contribution in [0.1, 0.15) is 5.56 Å². The molecule has 0 unspecified atom stereocenters. The summed E-state index contributed by atoms with van der Waals surface area (Å²) >= 11 is 6.33. The van der Waals surface area contributed by atoms with Crippen molar-refractivity contribution in [2.75, 3.05) is 46.6 Å². The monoisotopic (exact) mass is 380 g/mol. The summed E-state index contributed by atoms with van der Waals surface area (Å²) in [7, 11) is 1.78. The molecule has 0 radical (unpaired) electrons. The summed E-state index contributed by atoms with van der Waals surface area (Å²) in [6.07, 6.45) is 0.160. The van der Waals surface area contributed by atoms with Gasteiger partial charge in [0.05, 0.1) is 31.6 Å². The van der Waals surface area contributed by atoms with Gasteiger partial charge in [0.2, 0.25) is 11.8 Å². The summed E-state index contributed by atoms with van der Waals surface area (Å²) in [6, 6.07) is 3.35. The predicted octanol–water partition coefficient (Wildman–Crippen LogP) is 0.969. The Balaban J connectivity index is 1.52. The van der Waals surface area contributed by atoms with Crippen molar-refractivity contribution in [3.8, 4) is 11.5 Å². The standard InChI is InChI=1S/C18H21ClN2O5/c1-20-13-8-21(7-12(18(20)23)9-24-10-13)17(22)5-11-4-15-16(6-14(11)19)26-3-2-25-15/h4,6,12-13H,2-3,5,7-10H2,1H3/t12-,13+/m1/s1. The van der Waals surface area contributed by atoms with Crippen molar-refractivity contribution >= 4 is 23.4 Å². The molecule has 7 nitrogen and oxygen atoms in total. The van der Waals surface area contributed by atoms with Crippen LogP contribution in [0.15, 0.2) is 12.1 Å². The summed E-state index contributed by atoms with van der Waals surface area (Å²) in [5.41, 5.74) is 0.700. The van der Waals surface area contributed by atoms with Gasteiger partial charge in [-0.3, -0.25) is 9.59 Å². The first kappa shape index (κ1) is 17.4. The fourth-order valence-electron chi connectivity index (χ4n) is 3.62. The molecule has 3 heterocycles. The van der Waals surface area contributed by atoms with E-state index >= 15 is 0 Å². The van der Waals surface area contributed by atoms with E-state index in [4.69, 9.17) is 25.8 Å². The third-order valence-corrected chi connectivity index (χ3v) is 5.50. The molecule has 3 aliphatic rings. The number of fused-ring (bicyclic) bond motifs is 4. The number of carbonyl (C=O) groups is 2. The lowest BCUT2D eigenvalue weighted by Crippen LogP contribution is -2.45. The zero-order chi connectivity index (χ0) is 18.3. The highest BCUT2D eigenvalue weighted by atomic mass is 35.5. The zero-order valence-electron chi connectivity index (χ0n) is 14.6. The number of halogens is 1. The zero-order valence-corrected chi connectivity index (χ0v) is 15.3. The second kappa shape index (κ2) is 6.96. The number of rotatable bonds is 2. The lowest BCUT2D eigenvalue weighted by molar-refractivity contribution is -0.134. The predicted molar refractivity (Wildman–Crippen MR) is 93.6 cm³/mol. The number of likely N-dealkylation sites (N-methyl/N-ethyl adjacent to an activating group) is 1. The summed E-state index contributed by atoms with van der Waals surface area (Å²) < 4.78 is 16.7. The number of hydrogen-bond acceptors (Lipinski definition) is 5. The van der Waals surface area contributed by atoms with Gasteiger partial charge in [0, 0.05) is 31.2 Å². The Bertz CT molecular complexity index is 741. The van der Waals surface area contributed by atoms with Gasteiger partial charge in [-0.05, 0) is 11.6 Å². The van der Waals surface area contributed by atoms with Gasteiger partial charge in [-0.1, -0.05) is 11.6 Å². The summed E-state index contributed by atoms with van der Waals surface area (Å²) in [6.45, 7) is 2.62. The lowest BCUT2D eigenvalue weighted by Gasteiger charge is -2.29. The molecule has 0 aliphatic carbocycles. The number of hydrogen-bond donors (Lipinski definition) is 0. The maximum atomic E-state index is 12.9. The Labute approximate surface area is 156 Å². The highest BCUT2D eigenvalue weighted by molar-refractivity contribution is 6.31. The number of nitrogens with zero attached hydrogens (tertiary/aromatic N) is 2. The van der Waals surface area contributed by atoms with Crippen LogP contribution in [0.2, 0.25) is 5.02 Å². The van der Waals surface area contributed by atoms with Crippen LogP contribution in [-0.4, -0.2) is 74.2 Å². The normalized spacial score (nSPS) is 25.1. The topological polar surface area (TPSA) is 68.3 Å². The lowest BCUT2D eigenvalue weighted by atomic mass is 10.1. The van der Waals surface area contributed by atoms with Crippen molar-refractivity contribution in [3.05, 3.63) is 22.7 Å². The quantitative estimate of drug-likeness (QED) is 0.764. The molecule has 1 aromatic carbocycles. The van der Waals surface area contributed by atoms with Crippen molar-refractivity contribution in [1.29, 1.82) is 0 Å². The maximum absolute atomic E-state index is 12.9. The highest BCUT2D eigenvalue weighted by Crippen LogP contribution is 2.35. The van der Waals surface area contributed by atoms with E-state index < -0.39 is 0 Å².